The van der Waals surface area contributed by atoms with Crippen molar-refractivity contribution < 1.29 is 9.50 Å². The lowest BCUT2D eigenvalue weighted by Crippen LogP contribution is -2.24. The van der Waals surface area contributed by atoms with Gasteiger partial charge in [-0.05, 0) is 48.6 Å². The number of rotatable bonds is 3. The van der Waals surface area contributed by atoms with Gasteiger partial charge in [-0.2, -0.15) is 0 Å². The van der Waals surface area contributed by atoms with Gasteiger partial charge in [0.2, 0.25) is 0 Å². The van der Waals surface area contributed by atoms with Gasteiger partial charge in [0.05, 0.1) is 0 Å². The lowest BCUT2D eigenvalue weighted by molar-refractivity contribution is 0.0609. The molecule has 18 heavy (non-hydrogen) atoms. The molecular formula is C14H14ClFOS. The zero-order valence-corrected chi connectivity index (χ0v) is 11.8. The van der Waals surface area contributed by atoms with E-state index in [1.54, 1.807) is 13.0 Å². The first-order valence-electron chi connectivity index (χ1n) is 5.61. The van der Waals surface area contributed by atoms with Gasteiger partial charge < -0.3 is 5.11 Å². The van der Waals surface area contributed by atoms with Gasteiger partial charge in [-0.3, -0.25) is 0 Å². The third-order valence-corrected chi connectivity index (χ3v) is 4.52. The van der Waals surface area contributed by atoms with Crippen LogP contribution in [0.1, 0.15) is 22.9 Å². The summed E-state index contributed by atoms with van der Waals surface area (Å²) in [5, 5.41) is 12.9. The fraction of sp³-hybridized carbons (Fsp3) is 0.286. The van der Waals surface area contributed by atoms with E-state index in [1.165, 1.54) is 23.5 Å². The molecule has 1 unspecified atom stereocenters. The first kappa shape index (κ1) is 13.5. The molecule has 0 saturated carbocycles. The topological polar surface area (TPSA) is 20.2 Å². The van der Waals surface area contributed by atoms with Gasteiger partial charge >= 0.3 is 0 Å². The largest absolute Gasteiger partial charge is 0.384 e. The van der Waals surface area contributed by atoms with Crippen LogP contribution in [0.15, 0.2) is 29.6 Å². The summed E-state index contributed by atoms with van der Waals surface area (Å²) in [6.45, 7) is 3.72. The molecule has 0 spiro atoms. The molecule has 1 atom stereocenters. The third-order valence-electron chi connectivity index (χ3n) is 2.90. The number of aryl methyl sites for hydroxylation is 1. The maximum Gasteiger partial charge on any atom is 0.124 e. The molecular weight excluding hydrogens is 271 g/mol. The summed E-state index contributed by atoms with van der Waals surface area (Å²) in [6.07, 6.45) is 0.369. The van der Waals surface area contributed by atoms with Gasteiger partial charge in [0.15, 0.2) is 0 Å². The smallest absolute Gasteiger partial charge is 0.124 e. The van der Waals surface area contributed by atoms with Crippen molar-refractivity contribution in [3.05, 3.63) is 56.5 Å². The maximum absolute atomic E-state index is 13.0. The third kappa shape index (κ3) is 2.74. The molecule has 0 amide bonds. The minimum Gasteiger partial charge on any atom is -0.384 e. The first-order chi connectivity index (χ1) is 8.40. The summed E-state index contributed by atoms with van der Waals surface area (Å²) in [4.78, 5) is 0.919. The van der Waals surface area contributed by atoms with Crippen LogP contribution in [0, 0.1) is 12.7 Å². The molecule has 2 aromatic rings. The number of hydrogen-bond acceptors (Lipinski definition) is 2. The number of hydrogen-bond donors (Lipinski definition) is 1. The van der Waals surface area contributed by atoms with Gasteiger partial charge in [-0.1, -0.05) is 17.7 Å². The quantitative estimate of drug-likeness (QED) is 0.891. The lowest BCUT2D eigenvalue weighted by Gasteiger charge is -2.23. The second kappa shape index (κ2) is 5.00. The highest BCUT2D eigenvalue weighted by molar-refractivity contribution is 7.10. The molecule has 4 heteroatoms. The zero-order valence-electron chi connectivity index (χ0n) is 10.2. The molecule has 96 valence electrons. The normalized spacial score (nSPS) is 14.5. The SMILES string of the molecule is Cc1ccsc1C(C)(O)Cc1ccc(F)cc1Cl. The Kier molecular flexibility index (Phi) is 3.76. The van der Waals surface area contributed by atoms with Gasteiger partial charge in [0, 0.05) is 16.3 Å². The van der Waals surface area contributed by atoms with E-state index in [4.69, 9.17) is 11.6 Å². The van der Waals surface area contributed by atoms with E-state index in [9.17, 15) is 9.50 Å². The van der Waals surface area contributed by atoms with E-state index in [2.05, 4.69) is 0 Å². The highest BCUT2D eigenvalue weighted by Crippen LogP contribution is 2.33. The predicted octanol–water partition coefficient (Wildman–Crippen LogP) is 4.30. The molecule has 0 aliphatic carbocycles. The van der Waals surface area contributed by atoms with Gasteiger partial charge in [-0.25, -0.2) is 4.39 Å². The van der Waals surface area contributed by atoms with Crippen LogP contribution in [-0.2, 0) is 12.0 Å². The van der Waals surface area contributed by atoms with Crippen LogP contribution in [0.3, 0.4) is 0 Å². The van der Waals surface area contributed by atoms with Gasteiger partial charge in [-0.15, -0.1) is 11.3 Å². The van der Waals surface area contributed by atoms with Crippen LogP contribution in [-0.4, -0.2) is 5.11 Å². The van der Waals surface area contributed by atoms with E-state index in [1.807, 2.05) is 18.4 Å². The minimum atomic E-state index is -0.986. The van der Waals surface area contributed by atoms with Gasteiger partial charge in [0.25, 0.3) is 0 Å². The van der Waals surface area contributed by atoms with Crippen LogP contribution in [0.25, 0.3) is 0 Å². The second-order valence-corrected chi connectivity index (χ2v) is 5.94. The molecule has 2 rings (SSSR count). The summed E-state index contributed by atoms with van der Waals surface area (Å²) in [5.41, 5.74) is 0.818. The second-order valence-electron chi connectivity index (χ2n) is 4.62. The molecule has 0 aliphatic rings. The Labute approximate surface area is 115 Å². The molecule has 0 fully saturated rings. The summed E-state index contributed by atoms with van der Waals surface area (Å²) in [5.74, 6) is -0.365. The Hall–Kier alpha value is -0.900. The minimum absolute atomic E-state index is 0.351. The van der Waals surface area contributed by atoms with Crippen molar-refractivity contribution in [3.63, 3.8) is 0 Å². The number of benzene rings is 1. The van der Waals surface area contributed by atoms with Gasteiger partial charge in [0.1, 0.15) is 11.4 Å². The Morgan fingerprint density at radius 2 is 2.11 bits per heavy atom. The Bertz CT molecular complexity index is 563. The number of halogens is 2. The average Bonchev–Trinajstić information content (AvgIpc) is 2.69. The van der Waals surface area contributed by atoms with Crippen molar-refractivity contribution in [1.29, 1.82) is 0 Å². The van der Waals surface area contributed by atoms with Crippen molar-refractivity contribution in [1.82, 2.24) is 0 Å². The first-order valence-corrected chi connectivity index (χ1v) is 6.87. The molecule has 1 aromatic heterocycles. The van der Waals surface area contributed by atoms with E-state index in [-0.39, 0.29) is 5.82 Å². The average molecular weight is 285 g/mol. The fourth-order valence-electron chi connectivity index (χ4n) is 2.04. The standard InChI is InChI=1S/C14H14ClFOS/c1-9-5-6-18-13(9)14(2,17)8-10-3-4-11(16)7-12(10)15/h3-7,17H,8H2,1-2H3. The van der Waals surface area contributed by atoms with E-state index in [0.29, 0.717) is 11.4 Å². The van der Waals surface area contributed by atoms with E-state index in [0.717, 1.165) is 16.0 Å². The molecule has 0 aliphatic heterocycles. The molecule has 1 heterocycles. The summed E-state index contributed by atoms with van der Waals surface area (Å²) in [7, 11) is 0. The highest BCUT2D eigenvalue weighted by Gasteiger charge is 2.27. The summed E-state index contributed by atoms with van der Waals surface area (Å²) in [6, 6.07) is 6.22. The molecule has 0 radical (unpaired) electrons. The maximum atomic E-state index is 13.0. The fourth-order valence-corrected chi connectivity index (χ4v) is 3.26. The van der Waals surface area contributed by atoms with Crippen molar-refractivity contribution in [3.8, 4) is 0 Å². The zero-order chi connectivity index (χ0) is 13.3. The predicted molar refractivity (Wildman–Crippen MR) is 73.7 cm³/mol. The Morgan fingerprint density at radius 3 is 2.67 bits per heavy atom. The molecule has 1 aromatic carbocycles. The van der Waals surface area contributed by atoms with Crippen LogP contribution < -0.4 is 0 Å². The molecule has 0 saturated heterocycles. The summed E-state index contributed by atoms with van der Waals surface area (Å²) >= 11 is 7.51. The Morgan fingerprint density at radius 1 is 1.39 bits per heavy atom. The summed E-state index contributed by atoms with van der Waals surface area (Å²) < 4.78 is 13.0. The molecule has 1 nitrogen and oxygen atoms in total. The monoisotopic (exact) mass is 284 g/mol. The van der Waals surface area contributed by atoms with Crippen LogP contribution >= 0.6 is 22.9 Å². The van der Waals surface area contributed by atoms with Crippen LogP contribution in [0.2, 0.25) is 5.02 Å². The number of thiophene rings is 1. The van der Waals surface area contributed by atoms with E-state index >= 15 is 0 Å². The lowest BCUT2D eigenvalue weighted by atomic mass is 9.93. The molecule has 0 bridgehead atoms. The Balaban J connectivity index is 2.30. The van der Waals surface area contributed by atoms with Crippen molar-refractivity contribution in [2.75, 3.05) is 0 Å². The van der Waals surface area contributed by atoms with Crippen LogP contribution in [0.5, 0.6) is 0 Å². The van der Waals surface area contributed by atoms with E-state index < -0.39 is 5.60 Å². The number of aliphatic hydroxyl groups is 1. The van der Waals surface area contributed by atoms with Crippen LogP contribution in [0.4, 0.5) is 4.39 Å². The van der Waals surface area contributed by atoms with Crippen molar-refractivity contribution >= 4 is 22.9 Å². The molecule has 1 N–H and O–H groups in total. The van der Waals surface area contributed by atoms with Crippen molar-refractivity contribution in [2.45, 2.75) is 25.9 Å². The highest BCUT2D eigenvalue weighted by atomic mass is 35.5. The van der Waals surface area contributed by atoms with Crippen molar-refractivity contribution in [2.24, 2.45) is 0 Å².